The van der Waals surface area contributed by atoms with Gasteiger partial charge < -0.3 is 11.1 Å². The molecule has 3 rings (SSSR count). The number of benzene rings is 1. The highest BCUT2D eigenvalue weighted by Crippen LogP contribution is 2.32. The Balaban J connectivity index is 1.97. The molecule has 0 aliphatic heterocycles. The molecule has 8 heteroatoms. The van der Waals surface area contributed by atoms with Crippen molar-refractivity contribution in [3.63, 3.8) is 0 Å². The number of halogens is 2. The van der Waals surface area contributed by atoms with Gasteiger partial charge in [0, 0.05) is 21.9 Å². The van der Waals surface area contributed by atoms with Crippen LogP contribution in [-0.2, 0) is 0 Å². The largest absolute Gasteiger partial charge is 0.396 e. The van der Waals surface area contributed by atoms with Crippen LogP contribution in [0.25, 0.3) is 10.3 Å². The summed E-state index contributed by atoms with van der Waals surface area (Å²) in [5.74, 6) is -0.319. The maximum atomic E-state index is 12.4. The van der Waals surface area contributed by atoms with Crippen LogP contribution in [0.4, 0.5) is 11.4 Å². The fourth-order valence-electron chi connectivity index (χ4n) is 1.78. The molecule has 0 aliphatic rings. The molecule has 3 aromatic rings. The summed E-state index contributed by atoms with van der Waals surface area (Å²) in [5.41, 5.74) is 7.42. The zero-order valence-corrected chi connectivity index (χ0v) is 13.6. The molecule has 0 unspecified atom stereocenters. The van der Waals surface area contributed by atoms with E-state index >= 15 is 0 Å². The second-order valence-electron chi connectivity index (χ2n) is 4.13. The van der Waals surface area contributed by atoms with Gasteiger partial charge in [-0.15, -0.1) is 11.3 Å². The van der Waals surface area contributed by atoms with E-state index in [-0.39, 0.29) is 5.91 Å². The lowest BCUT2D eigenvalue weighted by molar-refractivity contribution is 0.103. The van der Waals surface area contributed by atoms with Crippen LogP contribution in [0.1, 0.15) is 9.67 Å². The van der Waals surface area contributed by atoms with Crippen LogP contribution in [0.3, 0.4) is 0 Å². The normalized spacial score (nSPS) is 10.8. The Kier molecular flexibility index (Phi) is 3.79. The molecule has 0 radical (unpaired) electrons. The average Bonchev–Trinajstić information content (AvgIpc) is 2.81. The third-order valence-corrected chi connectivity index (χ3v) is 4.77. The van der Waals surface area contributed by atoms with Crippen LogP contribution in [0.5, 0.6) is 0 Å². The monoisotopic (exact) mass is 382 g/mol. The van der Waals surface area contributed by atoms with Crippen LogP contribution in [0.15, 0.2) is 35.1 Å². The number of hydrogen-bond donors (Lipinski definition) is 2. The fraction of sp³-hybridized carbons (Fsp3) is 0. The third-order valence-electron chi connectivity index (χ3n) is 2.75. The van der Waals surface area contributed by atoms with E-state index in [1.807, 2.05) is 0 Å². The van der Waals surface area contributed by atoms with E-state index in [0.29, 0.717) is 31.6 Å². The number of hydrogen-bond acceptors (Lipinski definition) is 5. The van der Waals surface area contributed by atoms with Crippen LogP contribution < -0.4 is 11.1 Å². The van der Waals surface area contributed by atoms with Crippen molar-refractivity contribution in [3.8, 4) is 0 Å². The molecule has 0 atom stereocenters. The second kappa shape index (κ2) is 5.59. The highest BCUT2D eigenvalue weighted by atomic mass is 79.9. The number of fused-ring (bicyclic) bond motifs is 1. The van der Waals surface area contributed by atoms with E-state index in [9.17, 15) is 4.79 Å². The lowest BCUT2D eigenvalue weighted by Gasteiger charge is -2.07. The second-order valence-corrected chi connectivity index (χ2v) is 6.42. The molecule has 0 spiro atoms. The number of nitrogens with one attached hydrogen (secondary N) is 1. The van der Waals surface area contributed by atoms with Crippen LogP contribution >= 0.6 is 38.9 Å². The minimum atomic E-state index is -0.319. The minimum Gasteiger partial charge on any atom is -0.396 e. The first-order valence-electron chi connectivity index (χ1n) is 5.81. The molecule has 0 bridgehead atoms. The topological polar surface area (TPSA) is 80.9 Å². The Bertz CT molecular complexity index is 851. The number of thiophene rings is 1. The van der Waals surface area contributed by atoms with Crippen molar-refractivity contribution < 1.29 is 4.79 Å². The number of anilines is 2. The molecule has 0 saturated heterocycles. The number of carbonyl (C=O) groups is 1. The summed E-state index contributed by atoms with van der Waals surface area (Å²) in [4.78, 5) is 21.7. The number of carbonyl (C=O) groups excluding carboxylic acids is 1. The van der Waals surface area contributed by atoms with Crippen molar-refractivity contribution >= 4 is 66.5 Å². The summed E-state index contributed by atoms with van der Waals surface area (Å²) >= 11 is 10.5. The van der Waals surface area contributed by atoms with Gasteiger partial charge in [0.1, 0.15) is 15.2 Å². The number of nitrogens with zero attached hydrogens (tertiary/aromatic N) is 2. The molecule has 1 amide bonds. The van der Waals surface area contributed by atoms with Crippen molar-refractivity contribution in [1.82, 2.24) is 9.97 Å². The summed E-state index contributed by atoms with van der Waals surface area (Å²) in [6.07, 6.45) is 3.11. The summed E-state index contributed by atoms with van der Waals surface area (Å²) in [6, 6.07) is 5.14. The molecule has 0 fully saturated rings. The molecule has 5 nitrogen and oxygen atoms in total. The van der Waals surface area contributed by atoms with Gasteiger partial charge >= 0.3 is 0 Å². The Morgan fingerprint density at radius 1 is 1.33 bits per heavy atom. The Hall–Kier alpha value is -1.70. The van der Waals surface area contributed by atoms with Crippen LogP contribution in [0, 0.1) is 0 Å². The van der Waals surface area contributed by atoms with Gasteiger partial charge in [-0.2, -0.15) is 0 Å². The summed E-state index contributed by atoms with van der Waals surface area (Å²) < 4.78 is 0.733. The third kappa shape index (κ3) is 2.72. The van der Waals surface area contributed by atoms with Crippen LogP contribution in [0.2, 0.25) is 5.02 Å². The molecule has 1 aromatic carbocycles. The molecule has 2 heterocycles. The summed E-state index contributed by atoms with van der Waals surface area (Å²) in [5, 5.41) is 3.30. The first kappa shape index (κ1) is 14.2. The fourth-order valence-corrected chi connectivity index (χ4v) is 3.22. The molecule has 0 aliphatic carbocycles. The number of rotatable bonds is 2. The van der Waals surface area contributed by atoms with E-state index in [1.165, 1.54) is 11.3 Å². The summed E-state index contributed by atoms with van der Waals surface area (Å²) in [7, 11) is 0. The van der Waals surface area contributed by atoms with Crippen molar-refractivity contribution in [3.05, 3.63) is 45.0 Å². The van der Waals surface area contributed by atoms with Crippen molar-refractivity contribution in [2.45, 2.75) is 0 Å². The quantitative estimate of drug-likeness (QED) is 0.702. The van der Waals surface area contributed by atoms with Gasteiger partial charge in [0.2, 0.25) is 0 Å². The van der Waals surface area contributed by atoms with Crippen molar-refractivity contribution in [2.24, 2.45) is 0 Å². The van der Waals surface area contributed by atoms with Gasteiger partial charge in [-0.3, -0.25) is 4.79 Å². The highest BCUT2D eigenvalue weighted by molar-refractivity contribution is 9.10. The zero-order chi connectivity index (χ0) is 15.0. The van der Waals surface area contributed by atoms with E-state index in [1.54, 1.807) is 30.6 Å². The van der Waals surface area contributed by atoms with Crippen LogP contribution in [-0.4, -0.2) is 15.9 Å². The minimum absolute atomic E-state index is 0.319. The van der Waals surface area contributed by atoms with E-state index in [4.69, 9.17) is 17.3 Å². The van der Waals surface area contributed by atoms with Gasteiger partial charge in [0.05, 0.1) is 11.4 Å². The van der Waals surface area contributed by atoms with E-state index in [2.05, 4.69) is 31.2 Å². The average molecular weight is 384 g/mol. The highest BCUT2D eigenvalue weighted by Gasteiger charge is 2.18. The van der Waals surface area contributed by atoms with Gasteiger partial charge in [0.25, 0.3) is 5.91 Å². The smallest absolute Gasteiger partial charge is 0.268 e. The number of amides is 1. The molecule has 21 heavy (non-hydrogen) atoms. The van der Waals surface area contributed by atoms with E-state index in [0.717, 1.165) is 4.47 Å². The van der Waals surface area contributed by atoms with Gasteiger partial charge in [-0.25, -0.2) is 9.97 Å². The maximum Gasteiger partial charge on any atom is 0.268 e. The lowest BCUT2D eigenvalue weighted by Crippen LogP contribution is -2.12. The predicted octanol–water partition coefficient (Wildman–Crippen LogP) is 3.94. The van der Waals surface area contributed by atoms with Gasteiger partial charge in [0.15, 0.2) is 0 Å². The predicted molar refractivity (Wildman–Crippen MR) is 88.9 cm³/mol. The maximum absolute atomic E-state index is 12.4. The molecule has 2 aromatic heterocycles. The lowest BCUT2D eigenvalue weighted by atomic mass is 10.3. The molecule has 0 saturated carbocycles. The van der Waals surface area contributed by atoms with Crippen molar-refractivity contribution in [2.75, 3.05) is 11.1 Å². The number of aromatic nitrogens is 2. The SMILES string of the molecule is Nc1c(C(=O)Nc2cc(Cl)ccc2Br)sc2nccnc12. The zero-order valence-electron chi connectivity index (χ0n) is 10.4. The molecule has 3 N–H and O–H groups in total. The first-order chi connectivity index (χ1) is 10.1. The molecule has 106 valence electrons. The molecular weight excluding hydrogens is 376 g/mol. The Labute approximate surface area is 137 Å². The van der Waals surface area contributed by atoms with Gasteiger partial charge in [-0.1, -0.05) is 11.6 Å². The first-order valence-corrected chi connectivity index (χ1v) is 7.80. The Morgan fingerprint density at radius 3 is 2.86 bits per heavy atom. The number of nitrogen functional groups attached to an aromatic ring is 1. The number of nitrogens with two attached hydrogens (primary N) is 1. The summed E-state index contributed by atoms with van der Waals surface area (Å²) in [6.45, 7) is 0. The standard InChI is InChI=1S/C13H8BrClN4OS/c14-7-2-1-6(15)5-8(7)19-12(20)11-9(16)10-13(21-11)18-4-3-17-10/h1-5H,16H2,(H,19,20). The Morgan fingerprint density at radius 2 is 2.10 bits per heavy atom. The van der Waals surface area contributed by atoms with Gasteiger partial charge in [-0.05, 0) is 34.1 Å². The molecular formula is C13H8BrClN4OS. The van der Waals surface area contributed by atoms with E-state index < -0.39 is 0 Å². The van der Waals surface area contributed by atoms with Crippen molar-refractivity contribution in [1.29, 1.82) is 0 Å².